The Kier molecular flexibility index (Phi) is 8.21. The predicted octanol–water partition coefficient (Wildman–Crippen LogP) is 12.4. The number of benzene rings is 5. The van der Waals surface area contributed by atoms with Gasteiger partial charge < -0.3 is 24.0 Å². The second-order valence-corrected chi connectivity index (χ2v) is 18.3. The molecule has 59 heavy (non-hydrogen) atoms. The van der Waals surface area contributed by atoms with E-state index in [4.69, 9.17) is 14.2 Å². The lowest BCUT2D eigenvalue weighted by Gasteiger charge is -2.52. The van der Waals surface area contributed by atoms with Crippen LogP contribution in [0.1, 0.15) is 74.8 Å². The maximum atomic E-state index is 15.1. The van der Waals surface area contributed by atoms with Gasteiger partial charge in [-0.2, -0.15) is 26.3 Å². The standard InChI is InChI=1S/C48H46F6N2O3/c1-42(2)25-43(3,4)27-44(26-42)36-12-10-9-11-32(36)39-34-23-37-38(56(6)46(55(37)5,47(49,50)51)48(52,53)54)24-35(34)41-33(40(39)44)21-22-45(59-41,28-13-17-30(57-7)18-14-28)29-15-19-31(58-8)20-16-29/h9-24H,25-27H2,1-8H3. The molecule has 0 bridgehead atoms. The fraction of sp³-hybridized carbons (Fsp3) is 0.375. The van der Waals surface area contributed by atoms with Crippen molar-refractivity contribution in [3.05, 3.63) is 119 Å². The van der Waals surface area contributed by atoms with Crippen LogP contribution in [0.2, 0.25) is 0 Å². The maximum Gasteiger partial charge on any atom is 0.440 e. The van der Waals surface area contributed by atoms with Crippen LogP contribution in [0.15, 0.2) is 91.0 Å². The summed E-state index contributed by atoms with van der Waals surface area (Å²) in [5.41, 5.74) is -0.691. The van der Waals surface area contributed by atoms with Gasteiger partial charge in [-0.3, -0.25) is 0 Å². The van der Waals surface area contributed by atoms with Gasteiger partial charge in [-0.05, 0) is 100 Å². The highest BCUT2D eigenvalue weighted by atomic mass is 19.4. The first-order chi connectivity index (χ1) is 27.6. The number of ether oxygens (including phenoxy) is 3. The molecule has 2 heterocycles. The zero-order valence-corrected chi connectivity index (χ0v) is 34.2. The minimum Gasteiger partial charge on any atom is -0.497 e. The van der Waals surface area contributed by atoms with Crippen molar-refractivity contribution >= 4 is 28.2 Å². The molecular weight excluding hydrogens is 767 g/mol. The summed E-state index contributed by atoms with van der Waals surface area (Å²) in [4.78, 5) is 0.665. The van der Waals surface area contributed by atoms with Crippen LogP contribution in [0.5, 0.6) is 17.2 Å². The van der Waals surface area contributed by atoms with E-state index in [0.717, 1.165) is 72.3 Å². The number of fused-ring (bicyclic) bond motifs is 11. The smallest absolute Gasteiger partial charge is 0.440 e. The Hall–Kier alpha value is -5.32. The molecule has 0 aromatic heterocycles. The number of halogens is 6. The third kappa shape index (κ3) is 5.24. The van der Waals surface area contributed by atoms with Crippen LogP contribution in [0.25, 0.3) is 28.0 Å². The van der Waals surface area contributed by atoms with Gasteiger partial charge in [-0.25, -0.2) is 0 Å². The highest BCUT2D eigenvalue weighted by Gasteiger charge is 2.78. The van der Waals surface area contributed by atoms with Gasteiger partial charge in [0.05, 0.1) is 25.6 Å². The van der Waals surface area contributed by atoms with Gasteiger partial charge in [0, 0.05) is 41.6 Å². The number of methoxy groups -OCH3 is 2. The van der Waals surface area contributed by atoms with Crippen LogP contribution in [-0.4, -0.2) is 46.3 Å². The molecule has 5 aromatic carbocycles. The van der Waals surface area contributed by atoms with E-state index in [2.05, 4.69) is 39.8 Å². The molecule has 5 nitrogen and oxygen atoms in total. The third-order valence-electron chi connectivity index (χ3n) is 13.4. The number of nitrogens with zero attached hydrogens (tertiary/aromatic N) is 2. The summed E-state index contributed by atoms with van der Waals surface area (Å²) in [6, 6.07) is 26.1. The van der Waals surface area contributed by atoms with E-state index < -0.39 is 29.0 Å². The summed E-state index contributed by atoms with van der Waals surface area (Å²) < 4.78 is 109. The van der Waals surface area contributed by atoms with Crippen molar-refractivity contribution in [3.63, 3.8) is 0 Å². The van der Waals surface area contributed by atoms with Crippen LogP contribution in [0.4, 0.5) is 37.7 Å². The van der Waals surface area contributed by atoms with Crippen LogP contribution >= 0.6 is 0 Å². The lowest BCUT2D eigenvalue weighted by atomic mass is 9.52. The van der Waals surface area contributed by atoms with Gasteiger partial charge in [0.15, 0.2) is 5.60 Å². The highest BCUT2D eigenvalue weighted by Crippen LogP contribution is 2.68. The van der Waals surface area contributed by atoms with Crippen LogP contribution in [0.3, 0.4) is 0 Å². The van der Waals surface area contributed by atoms with Gasteiger partial charge in [0.1, 0.15) is 17.2 Å². The van der Waals surface area contributed by atoms with E-state index >= 15 is 26.3 Å². The highest BCUT2D eigenvalue weighted by molar-refractivity contribution is 6.12. The molecule has 2 aliphatic carbocycles. The van der Waals surface area contributed by atoms with Crippen molar-refractivity contribution in [1.82, 2.24) is 0 Å². The SMILES string of the molecule is COc1ccc(C2(c3ccc(OC)cc3)C=Cc3c4c(c5cc6c(cc5c3O2)N(C)C(C(F)(F)F)(C(F)(F)F)N6C)-c2ccccc2C42CC(C)(C)CC(C)(C)C2)cc1. The first-order valence-corrected chi connectivity index (χ1v) is 19.7. The summed E-state index contributed by atoms with van der Waals surface area (Å²) >= 11 is 0. The number of rotatable bonds is 4. The van der Waals surface area contributed by atoms with E-state index in [0.29, 0.717) is 37.8 Å². The molecule has 0 atom stereocenters. The Morgan fingerprint density at radius 2 is 1.14 bits per heavy atom. The molecule has 5 aromatic rings. The van der Waals surface area contributed by atoms with Crippen molar-refractivity contribution in [3.8, 4) is 28.4 Å². The molecule has 0 N–H and O–H groups in total. The molecule has 9 rings (SSSR count). The van der Waals surface area contributed by atoms with E-state index in [1.165, 1.54) is 12.1 Å². The zero-order chi connectivity index (χ0) is 42.3. The molecule has 0 amide bonds. The van der Waals surface area contributed by atoms with Gasteiger partial charge in [-0.1, -0.05) is 82.3 Å². The van der Waals surface area contributed by atoms with Crippen molar-refractivity contribution in [2.24, 2.45) is 10.8 Å². The van der Waals surface area contributed by atoms with E-state index in [1.807, 2.05) is 72.8 Å². The maximum absolute atomic E-state index is 15.1. The summed E-state index contributed by atoms with van der Waals surface area (Å²) in [6.45, 7) is 9.11. The molecule has 1 spiro atoms. The van der Waals surface area contributed by atoms with Crippen molar-refractivity contribution in [2.75, 3.05) is 38.1 Å². The molecule has 4 aliphatic rings. The first-order valence-electron chi connectivity index (χ1n) is 19.7. The van der Waals surface area contributed by atoms with Gasteiger partial charge in [-0.15, -0.1) is 0 Å². The number of hydrogen-bond donors (Lipinski definition) is 0. The van der Waals surface area contributed by atoms with E-state index in [-0.39, 0.29) is 22.2 Å². The zero-order valence-electron chi connectivity index (χ0n) is 34.2. The number of alkyl halides is 6. The fourth-order valence-corrected chi connectivity index (χ4v) is 11.9. The van der Waals surface area contributed by atoms with Crippen LogP contribution in [-0.2, 0) is 11.0 Å². The van der Waals surface area contributed by atoms with Crippen molar-refractivity contribution < 1.29 is 40.6 Å². The van der Waals surface area contributed by atoms with Crippen molar-refractivity contribution in [2.45, 2.75) is 76.0 Å². The summed E-state index contributed by atoms with van der Waals surface area (Å²) in [5.74, 6) is 1.64. The van der Waals surface area contributed by atoms with Gasteiger partial charge in [0.25, 0.3) is 0 Å². The molecule has 1 saturated carbocycles. The summed E-state index contributed by atoms with van der Waals surface area (Å²) in [7, 11) is 4.91. The quantitative estimate of drug-likeness (QED) is 0.169. The molecule has 0 radical (unpaired) electrons. The second-order valence-electron chi connectivity index (χ2n) is 18.3. The van der Waals surface area contributed by atoms with Gasteiger partial charge >= 0.3 is 18.0 Å². The lowest BCUT2D eigenvalue weighted by molar-refractivity contribution is -0.293. The Morgan fingerprint density at radius 1 is 0.644 bits per heavy atom. The monoisotopic (exact) mass is 812 g/mol. The Balaban J connectivity index is 1.42. The molecule has 0 unspecified atom stereocenters. The normalized spacial score (nSPS) is 20.2. The van der Waals surface area contributed by atoms with E-state index in [9.17, 15) is 0 Å². The number of hydrogen-bond acceptors (Lipinski definition) is 5. The largest absolute Gasteiger partial charge is 0.497 e. The molecule has 1 fully saturated rings. The molecular formula is C48H46F6N2O3. The fourth-order valence-electron chi connectivity index (χ4n) is 11.9. The Labute approximate surface area is 340 Å². The summed E-state index contributed by atoms with van der Waals surface area (Å²) in [5, 5.41) is 0.937. The number of anilines is 2. The minimum absolute atomic E-state index is 0.118. The van der Waals surface area contributed by atoms with Crippen LogP contribution in [0, 0.1) is 10.8 Å². The van der Waals surface area contributed by atoms with Crippen LogP contribution < -0.4 is 24.0 Å². The minimum atomic E-state index is -5.71. The second kappa shape index (κ2) is 12.4. The Bertz CT molecular complexity index is 2480. The molecule has 0 saturated heterocycles. The Morgan fingerprint density at radius 3 is 1.63 bits per heavy atom. The lowest BCUT2D eigenvalue weighted by Crippen LogP contribution is -2.72. The third-order valence-corrected chi connectivity index (χ3v) is 13.4. The predicted molar refractivity (Wildman–Crippen MR) is 220 cm³/mol. The van der Waals surface area contributed by atoms with Crippen molar-refractivity contribution in [1.29, 1.82) is 0 Å². The van der Waals surface area contributed by atoms with Gasteiger partial charge in [0.2, 0.25) is 0 Å². The topological polar surface area (TPSA) is 34.2 Å². The molecule has 308 valence electrons. The van der Waals surface area contributed by atoms with E-state index in [1.54, 1.807) is 14.2 Å². The summed E-state index contributed by atoms with van der Waals surface area (Å²) in [6.07, 6.45) is -4.82. The average molecular weight is 813 g/mol. The molecule has 2 aliphatic heterocycles. The first kappa shape index (κ1) is 39.2. The molecule has 11 heteroatoms. The average Bonchev–Trinajstić information content (AvgIpc) is 3.57.